The zero-order chi connectivity index (χ0) is 24.2. The molecule has 0 saturated heterocycles. The van der Waals surface area contributed by atoms with Gasteiger partial charge in [0.05, 0.1) is 28.2 Å². The molecule has 1 N–H and O–H groups in total. The zero-order valence-corrected chi connectivity index (χ0v) is 18.4. The van der Waals surface area contributed by atoms with Gasteiger partial charge in [-0.15, -0.1) is 0 Å². The molecular formula is C22H19N3O7S. The largest absolute Gasteiger partial charge is 0.465 e. The van der Waals surface area contributed by atoms with Gasteiger partial charge in [-0.2, -0.15) is 0 Å². The van der Waals surface area contributed by atoms with Gasteiger partial charge in [-0.3, -0.25) is 19.2 Å². The van der Waals surface area contributed by atoms with E-state index in [1.807, 2.05) is 0 Å². The van der Waals surface area contributed by atoms with Gasteiger partial charge in [0.15, 0.2) is 0 Å². The first kappa shape index (κ1) is 23.4. The van der Waals surface area contributed by atoms with Crippen LogP contribution in [0.2, 0.25) is 0 Å². The summed E-state index contributed by atoms with van der Waals surface area (Å²) in [7, 11) is -1.40. The number of para-hydroxylation sites is 1. The average Bonchev–Trinajstić information content (AvgIpc) is 2.83. The molecule has 0 bridgehead atoms. The van der Waals surface area contributed by atoms with Crippen molar-refractivity contribution >= 4 is 39.0 Å². The minimum Gasteiger partial charge on any atom is -0.465 e. The molecule has 0 unspecified atom stereocenters. The predicted octanol–water partition coefficient (Wildman–Crippen LogP) is 3.46. The number of methoxy groups -OCH3 is 1. The summed E-state index contributed by atoms with van der Waals surface area (Å²) in [6, 6.07) is 17.2. The maximum atomic E-state index is 13.0. The first-order valence-corrected chi connectivity index (χ1v) is 10.9. The summed E-state index contributed by atoms with van der Waals surface area (Å²) in [5.41, 5.74) is -0.201. The van der Waals surface area contributed by atoms with Crippen LogP contribution in [0.5, 0.6) is 0 Å². The number of hydrogen-bond acceptors (Lipinski definition) is 7. The number of hydrogen-bond donors (Lipinski definition) is 1. The standard InChI is InChI=1S/C22H19N3O7S/c1-24(18-8-4-3-5-9-18)33(30,31)20-10-6-7-17(14-20)23-21(26)15-11-16(22(27)32-2)13-19(12-15)25(28)29/h3-14H,1-2H3,(H,23,26). The van der Waals surface area contributed by atoms with Gasteiger partial charge in [0.25, 0.3) is 21.6 Å². The molecule has 170 valence electrons. The van der Waals surface area contributed by atoms with E-state index in [1.54, 1.807) is 30.3 Å². The molecule has 10 nitrogen and oxygen atoms in total. The SMILES string of the molecule is COC(=O)c1cc(C(=O)Nc2cccc(S(=O)(=O)N(C)c3ccccc3)c2)cc([N+](=O)[O-])c1. The van der Waals surface area contributed by atoms with Crippen molar-refractivity contribution < 1.29 is 27.7 Å². The molecule has 0 aliphatic heterocycles. The van der Waals surface area contributed by atoms with E-state index >= 15 is 0 Å². The van der Waals surface area contributed by atoms with E-state index in [-0.39, 0.29) is 21.7 Å². The minimum atomic E-state index is -3.92. The molecule has 0 radical (unpaired) electrons. The van der Waals surface area contributed by atoms with E-state index in [0.29, 0.717) is 5.69 Å². The number of carbonyl (C=O) groups is 2. The van der Waals surface area contributed by atoms with Crippen molar-refractivity contribution in [1.82, 2.24) is 0 Å². The summed E-state index contributed by atoms with van der Waals surface area (Å²) in [6.07, 6.45) is 0. The number of nitrogens with zero attached hydrogens (tertiary/aromatic N) is 2. The van der Waals surface area contributed by atoms with Crippen LogP contribution in [-0.2, 0) is 14.8 Å². The number of rotatable bonds is 7. The number of non-ortho nitro benzene ring substituents is 1. The number of amides is 1. The van der Waals surface area contributed by atoms with Crippen molar-refractivity contribution in [1.29, 1.82) is 0 Å². The van der Waals surface area contributed by atoms with Crippen molar-refractivity contribution in [3.05, 3.63) is 94.0 Å². The highest BCUT2D eigenvalue weighted by atomic mass is 32.2. The predicted molar refractivity (Wildman–Crippen MR) is 121 cm³/mol. The summed E-state index contributed by atoms with van der Waals surface area (Å²) in [5, 5.41) is 13.7. The van der Waals surface area contributed by atoms with Crippen LogP contribution >= 0.6 is 0 Å². The van der Waals surface area contributed by atoms with E-state index in [0.717, 1.165) is 29.6 Å². The molecule has 0 spiro atoms. The third-order valence-corrected chi connectivity index (χ3v) is 6.46. The molecule has 3 aromatic rings. The lowest BCUT2D eigenvalue weighted by Gasteiger charge is -2.20. The van der Waals surface area contributed by atoms with Gasteiger partial charge in [-0.05, 0) is 36.4 Å². The lowest BCUT2D eigenvalue weighted by Crippen LogP contribution is -2.26. The molecule has 0 heterocycles. The minimum absolute atomic E-state index is 0.0686. The number of nitro groups is 1. The normalized spacial score (nSPS) is 10.8. The monoisotopic (exact) mass is 469 g/mol. The Balaban J connectivity index is 1.90. The van der Waals surface area contributed by atoms with Gasteiger partial charge < -0.3 is 10.1 Å². The Kier molecular flexibility index (Phi) is 6.73. The summed E-state index contributed by atoms with van der Waals surface area (Å²) in [4.78, 5) is 34.9. The van der Waals surface area contributed by atoms with E-state index in [1.165, 1.54) is 31.3 Å². The Morgan fingerprint density at radius 1 is 0.970 bits per heavy atom. The molecule has 0 atom stereocenters. The Labute approximate surface area is 189 Å². The van der Waals surface area contributed by atoms with Crippen LogP contribution in [-0.4, -0.2) is 39.4 Å². The molecule has 0 saturated carbocycles. The molecule has 33 heavy (non-hydrogen) atoms. The van der Waals surface area contributed by atoms with Crippen molar-refractivity contribution in [3.63, 3.8) is 0 Å². The maximum Gasteiger partial charge on any atom is 0.338 e. The summed E-state index contributed by atoms with van der Waals surface area (Å²) < 4.78 is 31.7. The number of nitro benzene ring substituents is 1. The first-order valence-electron chi connectivity index (χ1n) is 9.46. The van der Waals surface area contributed by atoms with E-state index < -0.39 is 32.5 Å². The highest BCUT2D eigenvalue weighted by Gasteiger charge is 2.22. The molecule has 3 aromatic carbocycles. The molecule has 0 aliphatic rings. The molecule has 0 fully saturated rings. The number of nitrogens with one attached hydrogen (secondary N) is 1. The van der Waals surface area contributed by atoms with Crippen LogP contribution in [0.25, 0.3) is 0 Å². The summed E-state index contributed by atoms with van der Waals surface area (Å²) in [6.45, 7) is 0. The van der Waals surface area contributed by atoms with Gasteiger partial charge in [0, 0.05) is 30.4 Å². The van der Waals surface area contributed by atoms with Crippen molar-refractivity contribution in [3.8, 4) is 0 Å². The van der Waals surface area contributed by atoms with E-state index in [2.05, 4.69) is 10.1 Å². The van der Waals surface area contributed by atoms with Crippen LogP contribution in [0.15, 0.2) is 77.7 Å². The zero-order valence-electron chi connectivity index (χ0n) is 17.6. The Bertz CT molecular complexity index is 1320. The maximum absolute atomic E-state index is 13.0. The highest BCUT2D eigenvalue weighted by Crippen LogP contribution is 2.24. The number of ether oxygens (including phenoxy) is 1. The number of carbonyl (C=O) groups excluding carboxylic acids is 2. The second-order valence-electron chi connectivity index (χ2n) is 6.81. The first-order chi connectivity index (χ1) is 15.6. The van der Waals surface area contributed by atoms with Crippen molar-refractivity contribution in [2.75, 3.05) is 23.8 Å². The fourth-order valence-corrected chi connectivity index (χ4v) is 4.20. The topological polar surface area (TPSA) is 136 Å². The average molecular weight is 469 g/mol. The number of esters is 1. The molecule has 0 aliphatic carbocycles. The van der Waals surface area contributed by atoms with Crippen LogP contribution in [0.1, 0.15) is 20.7 Å². The second kappa shape index (κ2) is 9.49. The van der Waals surface area contributed by atoms with E-state index in [9.17, 15) is 28.1 Å². The van der Waals surface area contributed by atoms with Crippen LogP contribution < -0.4 is 9.62 Å². The number of anilines is 2. The lowest BCUT2D eigenvalue weighted by molar-refractivity contribution is -0.384. The molecule has 0 aromatic heterocycles. The van der Waals surface area contributed by atoms with Crippen LogP contribution in [0.4, 0.5) is 17.1 Å². The molecule has 11 heteroatoms. The molecule has 3 rings (SSSR count). The van der Waals surface area contributed by atoms with Gasteiger partial charge >= 0.3 is 5.97 Å². The molecule has 1 amide bonds. The Morgan fingerprint density at radius 2 is 1.64 bits per heavy atom. The van der Waals surface area contributed by atoms with Gasteiger partial charge in [-0.1, -0.05) is 24.3 Å². The fourth-order valence-electron chi connectivity index (χ4n) is 2.96. The third kappa shape index (κ3) is 5.15. The lowest BCUT2D eigenvalue weighted by atomic mass is 10.1. The van der Waals surface area contributed by atoms with Crippen LogP contribution in [0, 0.1) is 10.1 Å². The van der Waals surface area contributed by atoms with Gasteiger partial charge in [-0.25, -0.2) is 13.2 Å². The van der Waals surface area contributed by atoms with Crippen molar-refractivity contribution in [2.45, 2.75) is 4.90 Å². The summed E-state index contributed by atoms with van der Waals surface area (Å²) >= 11 is 0. The van der Waals surface area contributed by atoms with E-state index in [4.69, 9.17) is 0 Å². The van der Waals surface area contributed by atoms with Crippen LogP contribution in [0.3, 0.4) is 0 Å². The Hall–Kier alpha value is -4.25. The van der Waals surface area contributed by atoms with Crippen molar-refractivity contribution in [2.24, 2.45) is 0 Å². The van der Waals surface area contributed by atoms with Gasteiger partial charge in [0.1, 0.15) is 0 Å². The number of benzene rings is 3. The fraction of sp³-hybridized carbons (Fsp3) is 0.0909. The summed E-state index contributed by atoms with van der Waals surface area (Å²) in [5.74, 6) is -1.61. The second-order valence-corrected chi connectivity index (χ2v) is 8.78. The quantitative estimate of drug-likeness (QED) is 0.318. The smallest absolute Gasteiger partial charge is 0.338 e. The highest BCUT2D eigenvalue weighted by molar-refractivity contribution is 7.92. The number of sulfonamides is 1. The third-order valence-electron chi connectivity index (χ3n) is 4.68. The Morgan fingerprint density at radius 3 is 2.27 bits per heavy atom. The molecular weight excluding hydrogens is 450 g/mol. The van der Waals surface area contributed by atoms with Gasteiger partial charge in [0.2, 0.25) is 0 Å².